The van der Waals surface area contributed by atoms with Gasteiger partial charge >= 0.3 is 0 Å². The van der Waals surface area contributed by atoms with Gasteiger partial charge in [0.2, 0.25) is 15.9 Å². The first-order valence-corrected chi connectivity index (χ1v) is 11.9. The molecule has 0 N–H and O–H groups in total. The molecule has 0 aliphatic carbocycles. The topological polar surface area (TPSA) is 76.2 Å². The normalized spacial score (nSPS) is 15.2. The van der Waals surface area contributed by atoms with E-state index in [1.165, 1.54) is 28.6 Å². The third kappa shape index (κ3) is 5.66. The van der Waals surface area contributed by atoms with E-state index in [1.54, 1.807) is 17.0 Å². The van der Waals surface area contributed by atoms with Crippen molar-refractivity contribution in [1.82, 2.24) is 9.21 Å². The smallest absolute Gasteiger partial charge is 0.246 e. The lowest BCUT2D eigenvalue weighted by Crippen LogP contribution is -2.50. The van der Waals surface area contributed by atoms with E-state index in [0.717, 1.165) is 11.6 Å². The van der Waals surface area contributed by atoms with Crippen LogP contribution in [0.2, 0.25) is 0 Å². The minimum atomic E-state index is -3.80. The number of piperazine rings is 1. The van der Waals surface area contributed by atoms with E-state index < -0.39 is 15.8 Å². The van der Waals surface area contributed by atoms with Crippen molar-refractivity contribution < 1.29 is 27.1 Å². The maximum Gasteiger partial charge on any atom is 0.246 e. The number of hydrogen-bond donors (Lipinski definition) is 0. The van der Waals surface area contributed by atoms with Crippen molar-refractivity contribution >= 4 is 22.0 Å². The highest BCUT2D eigenvalue weighted by Crippen LogP contribution is 2.29. The van der Waals surface area contributed by atoms with Crippen molar-refractivity contribution in [2.75, 3.05) is 39.4 Å². The second-order valence-electron chi connectivity index (χ2n) is 7.09. The maximum atomic E-state index is 13.4. The average molecular weight is 463 g/mol. The molecule has 0 radical (unpaired) electrons. The number of sulfonamides is 1. The number of ether oxygens (including phenoxy) is 2. The van der Waals surface area contributed by atoms with Crippen LogP contribution in [0.25, 0.3) is 6.08 Å². The van der Waals surface area contributed by atoms with Crippen LogP contribution in [-0.2, 0) is 14.8 Å². The summed E-state index contributed by atoms with van der Waals surface area (Å²) in [5, 5.41) is 0. The Labute approximate surface area is 188 Å². The molecule has 172 valence electrons. The van der Waals surface area contributed by atoms with Gasteiger partial charge in [0.25, 0.3) is 0 Å². The summed E-state index contributed by atoms with van der Waals surface area (Å²) in [5.41, 5.74) is 0.789. The molecule has 9 heteroatoms. The van der Waals surface area contributed by atoms with Crippen molar-refractivity contribution in [2.24, 2.45) is 0 Å². The van der Waals surface area contributed by atoms with Crippen LogP contribution in [0.3, 0.4) is 0 Å². The summed E-state index contributed by atoms with van der Waals surface area (Å²) >= 11 is 0. The summed E-state index contributed by atoms with van der Waals surface area (Å²) in [5.74, 6) is 0.444. The van der Waals surface area contributed by atoms with Gasteiger partial charge in [-0.1, -0.05) is 12.1 Å². The van der Waals surface area contributed by atoms with Crippen molar-refractivity contribution in [3.05, 3.63) is 59.9 Å². The van der Waals surface area contributed by atoms with Gasteiger partial charge in [0.15, 0.2) is 11.5 Å². The Morgan fingerprint density at radius 1 is 1.00 bits per heavy atom. The number of carbonyl (C=O) groups excluding carboxylic acids is 1. The first-order chi connectivity index (χ1) is 15.3. The fourth-order valence-electron chi connectivity index (χ4n) is 3.37. The summed E-state index contributed by atoms with van der Waals surface area (Å²) < 4.78 is 51.3. The van der Waals surface area contributed by atoms with Gasteiger partial charge in [0.1, 0.15) is 5.82 Å². The predicted molar refractivity (Wildman–Crippen MR) is 120 cm³/mol. The van der Waals surface area contributed by atoms with E-state index in [9.17, 15) is 17.6 Å². The van der Waals surface area contributed by atoms with Gasteiger partial charge in [-0.05, 0) is 55.8 Å². The van der Waals surface area contributed by atoms with Crippen LogP contribution in [0.5, 0.6) is 11.5 Å². The average Bonchev–Trinajstić information content (AvgIpc) is 2.79. The molecular weight excluding hydrogens is 435 g/mol. The third-order valence-corrected chi connectivity index (χ3v) is 6.86. The molecule has 0 atom stereocenters. The molecule has 0 aromatic heterocycles. The van der Waals surface area contributed by atoms with E-state index in [-0.39, 0.29) is 37.0 Å². The number of halogens is 1. The summed E-state index contributed by atoms with van der Waals surface area (Å²) in [6, 6.07) is 10.4. The lowest BCUT2D eigenvalue weighted by molar-refractivity contribution is -0.127. The lowest BCUT2D eigenvalue weighted by atomic mass is 10.2. The fourth-order valence-corrected chi connectivity index (χ4v) is 4.82. The second kappa shape index (κ2) is 10.6. The van der Waals surface area contributed by atoms with Crippen LogP contribution >= 0.6 is 0 Å². The molecule has 32 heavy (non-hydrogen) atoms. The molecule has 0 saturated carbocycles. The van der Waals surface area contributed by atoms with Gasteiger partial charge in [-0.15, -0.1) is 0 Å². The zero-order valence-corrected chi connectivity index (χ0v) is 19.0. The molecule has 7 nitrogen and oxygen atoms in total. The number of carbonyl (C=O) groups is 1. The Morgan fingerprint density at radius 2 is 1.69 bits per heavy atom. The van der Waals surface area contributed by atoms with Crippen LogP contribution in [0.4, 0.5) is 4.39 Å². The van der Waals surface area contributed by atoms with Gasteiger partial charge in [-0.2, -0.15) is 4.31 Å². The highest BCUT2D eigenvalue weighted by Gasteiger charge is 2.29. The highest BCUT2D eigenvalue weighted by molar-refractivity contribution is 7.89. The van der Waals surface area contributed by atoms with Gasteiger partial charge in [0, 0.05) is 32.3 Å². The SMILES string of the molecule is CCOc1ccc(/C=C/C(=O)N2CCN(S(=O)(=O)c3cccc(F)c3)CC2)cc1OCC. The molecule has 1 fully saturated rings. The number of benzene rings is 2. The van der Waals surface area contributed by atoms with Crippen LogP contribution < -0.4 is 9.47 Å². The predicted octanol–water partition coefficient (Wildman–Crippen LogP) is 3.17. The standard InChI is InChI=1S/C23H27FN2O5S/c1-3-30-21-10-8-18(16-22(21)31-4-2)9-11-23(27)25-12-14-26(15-13-25)32(28,29)20-7-5-6-19(24)17-20/h5-11,16-17H,3-4,12-15H2,1-2H3/b11-9+. The Morgan fingerprint density at radius 3 is 2.34 bits per heavy atom. The Balaban J connectivity index is 1.62. The molecule has 2 aromatic rings. The molecule has 1 saturated heterocycles. The van der Waals surface area contributed by atoms with Crippen molar-refractivity contribution in [2.45, 2.75) is 18.7 Å². The van der Waals surface area contributed by atoms with Gasteiger partial charge in [-0.3, -0.25) is 4.79 Å². The quantitative estimate of drug-likeness (QED) is 0.564. The van der Waals surface area contributed by atoms with Gasteiger partial charge in [0.05, 0.1) is 18.1 Å². The van der Waals surface area contributed by atoms with Crippen molar-refractivity contribution in [1.29, 1.82) is 0 Å². The van der Waals surface area contributed by atoms with E-state index in [0.29, 0.717) is 24.7 Å². The first-order valence-electron chi connectivity index (χ1n) is 10.5. The number of rotatable bonds is 8. The zero-order valence-electron chi connectivity index (χ0n) is 18.2. The molecule has 0 spiro atoms. The molecular formula is C23H27FN2O5S. The Kier molecular flexibility index (Phi) is 7.87. The number of nitrogens with zero attached hydrogens (tertiary/aromatic N) is 2. The summed E-state index contributed by atoms with van der Waals surface area (Å²) in [6.07, 6.45) is 3.15. The Bertz CT molecular complexity index is 1080. The fraction of sp³-hybridized carbons (Fsp3) is 0.348. The summed E-state index contributed by atoms with van der Waals surface area (Å²) in [4.78, 5) is 14.1. The molecule has 0 unspecified atom stereocenters. The molecule has 2 aromatic carbocycles. The Hall–Kier alpha value is -2.91. The minimum absolute atomic E-state index is 0.0854. The summed E-state index contributed by atoms with van der Waals surface area (Å²) in [7, 11) is -3.80. The van der Waals surface area contributed by atoms with E-state index in [1.807, 2.05) is 26.0 Å². The highest BCUT2D eigenvalue weighted by atomic mass is 32.2. The number of amides is 1. The molecule has 1 aliphatic heterocycles. The first kappa shape index (κ1) is 23.7. The maximum absolute atomic E-state index is 13.4. The monoisotopic (exact) mass is 462 g/mol. The van der Waals surface area contributed by atoms with Crippen molar-refractivity contribution in [3.8, 4) is 11.5 Å². The minimum Gasteiger partial charge on any atom is -0.490 e. The van der Waals surface area contributed by atoms with E-state index in [4.69, 9.17) is 9.47 Å². The molecule has 3 rings (SSSR count). The van der Waals surface area contributed by atoms with Crippen LogP contribution in [-0.4, -0.2) is 62.9 Å². The third-order valence-electron chi connectivity index (χ3n) is 4.97. The summed E-state index contributed by atoms with van der Waals surface area (Å²) in [6.45, 7) is 5.60. The molecule has 1 amide bonds. The van der Waals surface area contributed by atoms with E-state index in [2.05, 4.69) is 0 Å². The molecule has 1 heterocycles. The van der Waals surface area contributed by atoms with Gasteiger partial charge in [-0.25, -0.2) is 12.8 Å². The van der Waals surface area contributed by atoms with Crippen LogP contribution in [0.15, 0.2) is 53.4 Å². The second-order valence-corrected chi connectivity index (χ2v) is 9.03. The van der Waals surface area contributed by atoms with Crippen LogP contribution in [0.1, 0.15) is 19.4 Å². The van der Waals surface area contributed by atoms with Crippen molar-refractivity contribution in [3.63, 3.8) is 0 Å². The largest absolute Gasteiger partial charge is 0.490 e. The number of hydrogen-bond acceptors (Lipinski definition) is 5. The lowest BCUT2D eigenvalue weighted by Gasteiger charge is -2.33. The zero-order chi connectivity index (χ0) is 23.1. The van der Waals surface area contributed by atoms with E-state index >= 15 is 0 Å². The van der Waals surface area contributed by atoms with Gasteiger partial charge < -0.3 is 14.4 Å². The molecule has 1 aliphatic rings. The molecule has 0 bridgehead atoms. The van der Waals surface area contributed by atoms with Crippen LogP contribution in [0, 0.1) is 5.82 Å².